The van der Waals surface area contributed by atoms with Gasteiger partial charge in [0, 0.05) is 25.7 Å². The number of ether oxygens (including phenoxy) is 4. The van der Waals surface area contributed by atoms with E-state index in [4.69, 9.17) is 37.0 Å². The third-order valence-electron chi connectivity index (χ3n) is 18.5. The lowest BCUT2D eigenvalue weighted by Gasteiger charge is -2.21. The van der Waals surface area contributed by atoms with Gasteiger partial charge in [-0.05, 0) is 89.9 Å². The molecule has 0 saturated carbocycles. The van der Waals surface area contributed by atoms with E-state index >= 15 is 0 Å². The molecule has 0 radical (unpaired) electrons. The summed E-state index contributed by atoms with van der Waals surface area (Å²) < 4.78 is 68.7. The molecule has 0 bridgehead atoms. The van der Waals surface area contributed by atoms with E-state index in [9.17, 15) is 43.2 Å². The van der Waals surface area contributed by atoms with Crippen LogP contribution in [-0.2, 0) is 65.4 Å². The maximum atomic E-state index is 13.1. The first-order valence-corrected chi connectivity index (χ1v) is 45.5. The van der Waals surface area contributed by atoms with Crippen LogP contribution in [0.3, 0.4) is 0 Å². The Bertz CT molecular complexity index is 2200. The molecule has 0 amide bonds. The van der Waals surface area contributed by atoms with E-state index in [-0.39, 0.29) is 25.7 Å². The zero-order valence-electron chi connectivity index (χ0n) is 66.7. The van der Waals surface area contributed by atoms with E-state index in [2.05, 4.69) is 76.3 Å². The molecular formula is C85H156O17P2. The first-order chi connectivity index (χ1) is 50.7. The fourth-order valence-electron chi connectivity index (χ4n) is 12.0. The Morgan fingerprint density at radius 1 is 0.269 bits per heavy atom. The van der Waals surface area contributed by atoms with Crippen molar-refractivity contribution in [3.8, 4) is 0 Å². The summed E-state index contributed by atoms with van der Waals surface area (Å²) in [6.45, 7) is 4.88. The molecule has 19 heteroatoms. The summed E-state index contributed by atoms with van der Waals surface area (Å²) in [6.07, 6.45) is 79.0. The van der Waals surface area contributed by atoms with Crippen LogP contribution >= 0.6 is 15.6 Å². The summed E-state index contributed by atoms with van der Waals surface area (Å²) in [6, 6.07) is 0. The predicted octanol–water partition coefficient (Wildman–Crippen LogP) is 25.0. The van der Waals surface area contributed by atoms with Crippen LogP contribution in [0.15, 0.2) is 60.8 Å². The number of phosphoric ester groups is 2. The number of aliphatic hydroxyl groups excluding tert-OH is 1. The second kappa shape index (κ2) is 77.9. The number of aliphatic hydroxyl groups is 1. The van der Waals surface area contributed by atoms with E-state index in [1.807, 2.05) is 12.2 Å². The van der Waals surface area contributed by atoms with Crippen molar-refractivity contribution in [1.29, 1.82) is 0 Å². The number of rotatable bonds is 81. The highest BCUT2D eigenvalue weighted by molar-refractivity contribution is 7.47. The first-order valence-electron chi connectivity index (χ1n) is 42.5. The fourth-order valence-corrected chi connectivity index (χ4v) is 13.6. The third kappa shape index (κ3) is 76.9. The molecule has 3 N–H and O–H groups in total. The number of hydrogen-bond acceptors (Lipinski definition) is 15. The predicted molar refractivity (Wildman–Crippen MR) is 427 cm³/mol. The van der Waals surface area contributed by atoms with Gasteiger partial charge in [-0.1, -0.05) is 345 Å². The molecule has 5 atom stereocenters. The molecule has 0 aliphatic heterocycles. The topological polar surface area (TPSA) is 237 Å². The van der Waals surface area contributed by atoms with Crippen LogP contribution in [0, 0.1) is 0 Å². The van der Waals surface area contributed by atoms with Gasteiger partial charge in [0.1, 0.15) is 19.3 Å². The Labute approximate surface area is 635 Å². The lowest BCUT2D eigenvalue weighted by Crippen LogP contribution is -2.30. The second-order valence-corrected chi connectivity index (χ2v) is 31.7. The van der Waals surface area contributed by atoms with Gasteiger partial charge in [-0.3, -0.25) is 37.3 Å². The van der Waals surface area contributed by atoms with Crippen molar-refractivity contribution in [3.05, 3.63) is 60.8 Å². The number of esters is 4. The standard InChI is InChI=1S/C85H156O17P2/c1-5-9-13-17-21-25-29-33-37-39-43-47-51-55-59-63-67-71-84(89)101-80(75-95-82(87)69-65-61-57-53-49-45-41-35-31-27-23-19-15-11-7-3)77-99-103(91,92)97-73-79(86)74-98-104(93,94)100-78-81(76-96-83(88)70-66-62-58-54-50-46-42-36-32-28-24-20-16-12-8-4)102-85(90)72-68-64-60-56-52-48-44-40-38-34-30-26-22-18-14-10-6-2/h21,25,33,35,37,41,43,47,55,59,79-81,86H,5-20,22-24,26-32,34,36,38-40,42,44-46,48-54,56-58,60-78H2,1-4H3,(H,91,92)(H,93,94)/b25-21-,37-33-,41-35-,47-43-,59-55-/t79-,80+,81+/m0/s1. The molecule has 608 valence electrons. The molecule has 0 aliphatic carbocycles. The van der Waals surface area contributed by atoms with E-state index in [0.29, 0.717) is 32.1 Å². The zero-order valence-corrected chi connectivity index (χ0v) is 68.5. The highest BCUT2D eigenvalue weighted by Gasteiger charge is 2.30. The van der Waals surface area contributed by atoms with Gasteiger partial charge in [0.15, 0.2) is 12.2 Å². The summed E-state index contributed by atoms with van der Waals surface area (Å²) >= 11 is 0. The van der Waals surface area contributed by atoms with Gasteiger partial charge < -0.3 is 33.8 Å². The van der Waals surface area contributed by atoms with E-state index in [1.165, 1.54) is 205 Å². The molecule has 104 heavy (non-hydrogen) atoms. The van der Waals surface area contributed by atoms with Crippen molar-refractivity contribution in [2.45, 2.75) is 418 Å². The van der Waals surface area contributed by atoms with Gasteiger partial charge in [-0.25, -0.2) is 9.13 Å². The van der Waals surface area contributed by atoms with Crippen LogP contribution in [-0.4, -0.2) is 96.7 Å². The Morgan fingerprint density at radius 2 is 0.481 bits per heavy atom. The van der Waals surface area contributed by atoms with Crippen LogP contribution in [0.25, 0.3) is 0 Å². The molecule has 0 spiro atoms. The molecule has 2 unspecified atom stereocenters. The largest absolute Gasteiger partial charge is 0.472 e. The number of unbranched alkanes of at least 4 members (excludes halogenated alkanes) is 45. The van der Waals surface area contributed by atoms with Crippen molar-refractivity contribution in [1.82, 2.24) is 0 Å². The van der Waals surface area contributed by atoms with E-state index in [0.717, 1.165) is 109 Å². The minimum absolute atomic E-state index is 0.0216. The molecule has 0 aliphatic rings. The van der Waals surface area contributed by atoms with Crippen LogP contribution in [0.1, 0.15) is 400 Å². The molecule has 0 saturated heterocycles. The normalized spacial score (nSPS) is 14.1. The van der Waals surface area contributed by atoms with Crippen LogP contribution < -0.4 is 0 Å². The Kier molecular flexibility index (Phi) is 75.5. The van der Waals surface area contributed by atoms with Crippen molar-refractivity contribution < 1.29 is 80.2 Å². The highest BCUT2D eigenvalue weighted by atomic mass is 31.2. The van der Waals surface area contributed by atoms with Gasteiger partial charge in [-0.2, -0.15) is 0 Å². The van der Waals surface area contributed by atoms with Crippen molar-refractivity contribution >= 4 is 39.5 Å². The average molecular weight is 1510 g/mol. The lowest BCUT2D eigenvalue weighted by atomic mass is 10.0. The number of phosphoric acid groups is 2. The van der Waals surface area contributed by atoms with E-state index < -0.39 is 97.5 Å². The molecule has 0 rings (SSSR count). The van der Waals surface area contributed by atoms with Gasteiger partial charge in [0.2, 0.25) is 0 Å². The molecule has 0 aromatic carbocycles. The van der Waals surface area contributed by atoms with Gasteiger partial charge in [0.05, 0.1) is 26.4 Å². The molecule has 0 fully saturated rings. The second-order valence-electron chi connectivity index (χ2n) is 28.8. The van der Waals surface area contributed by atoms with Crippen LogP contribution in [0.2, 0.25) is 0 Å². The maximum Gasteiger partial charge on any atom is 0.472 e. The Hall–Kier alpha value is -3.24. The SMILES string of the molecule is CCCCC/C=C\C/C=C\C/C=C\C/C=C\CCCC(=O)O[C@H](COC(=O)CCCCCCC/C=C\CCCCCCCC)COP(=O)(O)OC[C@H](O)COP(=O)(O)OC[C@@H](COC(=O)CCCCCCCCCCCCCCCCC)OC(=O)CCCCCCCCCCCCCCCCCCC. The molecule has 0 aromatic rings. The van der Waals surface area contributed by atoms with Crippen molar-refractivity contribution in [2.75, 3.05) is 39.6 Å². The summed E-state index contributed by atoms with van der Waals surface area (Å²) in [5.74, 6) is -2.21. The smallest absolute Gasteiger partial charge is 0.462 e. The minimum atomic E-state index is -4.99. The monoisotopic (exact) mass is 1510 g/mol. The number of carbonyl (C=O) groups excluding carboxylic acids is 4. The minimum Gasteiger partial charge on any atom is -0.462 e. The molecule has 0 heterocycles. The van der Waals surface area contributed by atoms with E-state index in [1.54, 1.807) is 0 Å². The van der Waals surface area contributed by atoms with Gasteiger partial charge in [-0.15, -0.1) is 0 Å². The fraction of sp³-hybridized carbons (Fsp3) is 0.835. The molecule has 17 nitrogen and oxygen atoms in total. The number of carbonyl (C=O) groups is 4. The molecule has 0 aromatic heterocycles. The maximum absolute atomic E-state index is 13.1. The summed E-state index contributed by atoms with van der Waals surface area (Å²) in [5.41, 5.74) is 0. The highest BCUT2D eigenvalue weighted by Crippen LogP contribution is 2.45. The van der Waals surface area contributed by atoms with Crippen LogP contribution in [0.5, 0.6) is 0 Å². The summed E-state index contributed by atoms with van der Waals surface area (Å²) in [5, 5.41) is 10.7. The average Bonchev–Trinajstić information content (AvgIpc) is 0.907. The van der Waals surface area contributed by atoms with Gasteiger partial charge >= 0.3 is 39.5 Å². The van der Waals surface area contributed by atoms with Crippen molar-refractivity contribution in [2.24, 2.45) is 0 Å². The van der Waals surface area contributed by atoms with Crippen molar-refractivity contribution in [3.63, 3.8) is 0 Å². The number of allylic oxidation sites excluding steroid dienone is 10. The quantitative estimate of drug-likeness (QED) is 0.0169. The third-order valence-corrected chi connectivity index (χ3v) is 20.4. The first kappa shape index (κ1) is 101. The Morgan fingerprint density at radius 3 is 0.788 bits per heavy atom. The summed E-state index contributed by atoms with van der Waals surface area (Å²) in [4.78, 5) is 73.1. The number of hydrogen-bond donors (Lipinski definition) is 3. The summed E-state index contributed by atoms with van der Waals surface area (Å²) in [7, 11) is -9.96. The lowest BCUT2D eigenvalue weighted by molar-refractivity contribution is -0.161. The van der Waals surface area contributed by atoms with Crippen LogP contribution in [0.4, 0.5) is 0 Å². The van der Waals surface area contributed by atoms with Gasteiger partial charge in [0.25, 0.3) is 0 Å². The zero-order chi connectivity index (χ0) is 76.0. The molecular weight excluding hydrogens is 1350 g/mol. The Balaban J connectivity index is 5.37.